The van der Waals surface area contributed by atoms with Crippen LogP contribution in [0.2, 0.25) is 0 Å². The van der Waals surface area contributed by atoms with Crippen LogP contribution >= 0.6 is 11.8 Å². The van der Waals surface area contributed by atoms with Crippen LogP contribution in [0.1, 0.15) is 15.9 Å². The van der Waals surface area contributed by atoms with E-state index in [1.165, 1.54) is 11.8 Å². The molecule has 0 unspecified atom stereocenters. The van der Waals surface area contributed by atoms with Crippen LogP contribution in [0.3, 0.4) is 0 Å². The number of thioether (sulfide) groups is 1. The third-order valence-electron chi connectivity index (χ3n) is 5.18. The van der Waals surface area contributed by atoms with Crippen LogP contribution in [-0.4, -0.2) is 30.7 Å². The Morgan fingerprint density at radius 3 is 2.42 bits per heavy atom. The maximum absolute atomic E-state index is 13.4. The van der Waals surface area contributed by atoms with Gasteiger partial charge in [-0.15, -0.1) is 10.2 Å². The van der Waals surface area contributed by atoms with Crippen molar-refractivity contribution in [3.8, 4) is 5.69 Å². The van der Waals surface area contributed by atoms with Crippen LogP contribution in [0.4, 0.5) is 0 Å². The summed E-state index contributed by atoms with van der Waals surface area (Å²) in [7, 11) is 0. The average Bonchev–Trinajstić information content (AvgIpc) is 3.23. The molecule has 0 N–H and O–H groups in total. The molecule has 0 radical (unpaired) electrons. The molecule has 5 rings (SSSR count). The highest BCUT2D eigenvalue weighted by atomic mass is 32.2. The molecule has 2 aromatic heterocycles. The highest BCUT2D eigenvalue weighted by molar-refractivity contribution is 7.99. The van der Waals surface area contributed by atoms with Crippen molar-refractivity contribution in [1.29, 1.82) is 0 Å². The van der Waals surface area contributed by atoms with Gasteiger partial charge in [-0.2, -0.15) is 0 Å². The summed E-state index contributed by atoms with van der Waals surface area (Å²) < 4.78 is 3.44. The number of Topliss-reactive ketones (excluding diaryl/α,β-unsaturated/α-hetero) is 1. The normalized spacial score (nSPS) is 11.3. The van der Waals surface area contributed by atoms with Gasteiger partial charge in [0, 0.05) is 5.56 Å². The monoisotopic (exact) mass is 426 g/mol. The number of hydrogen-bond donors (Lipinski definition) is 0. The van der Waals surface area contributed by atoms with E-state index in [0.29, 0.717) is 27.4 Å². The van der Waals surface area contributed by atoms with Crippen molar-refractivity contribution >= 4 is 34.2 Å². The van der Waals surface area contributed by atoms with E-state index >= 15 is 0 Å². The van der Waals surface area contributed by atoms with Crippen molar-refractivity contribution < 1.29 is 4.79 Å². The largest absolute Gasteiger partial charge is 0.293 e. The summed E-state index contributed by atoms with van der Waals surface area (Å²) >= 11 is 1.31. The summed E-state index contributed by atoms with van der Waals surface area (Å²) in [6.07, 6.45) is 0. The average molecular weight is 427 g/mol. The number of rotatable bonds is 5. The lowest BCUT2D eigenvalue weighted by Crippen LogP contribution is -2.22. The molecule has 0 aliphatic rings. The highest BCUT2D eigenvalue weighted by Crippen LogP contribution is 2.24. The molecular weight excluding hydrogens is 408 g/mol. The van der Waals surface area contributed by atoms with Crippen LogP contribution in [0, 0.1) is 6.92 Å². The minimum atomic E-state index is -0.151. The lowest BCUT2D eigenvalue weighted by molar-refractivity contribution is 0.102. The van der Waals surface area contributed by atoms with Gasteiger partial charge in [-0.3, -0.25) is 14.0 Å². The molecule has 3 aromatic carbocycles. The van der Waals surface area contributed by atoms with Crippen molar-refractivity contribution in [2.75, 3.05) is 5.75 Å². The Kier molecular flexibility index (Phi) is 4.88. The SMILES string of the molecule is Cc1ccccc1-n1c(=O)c2ccccc2n2c(SCC(=O)c3ccccc3)nnc12. The molecule has 0 saturated heterocycles. The van der Waals surface area contributed by atoms with Crippen LogP contribution < -0.4 is 5.56 Å². The Bertz CT molecular complexity index is 1490. The molecule has 152 valence electrons. The zero-order valence-electron chi connectivity index (χ0n) is 16.7. The van der Waals surface area contributed by atoms with Gasteiger partial charge in [0.1, 0.15) is 0 Å². The molecule has 0 aliphatic carbocycles. The number of hydrogen-bond acceptors (Lipinski definition) is 5. The Balaban J connectivity index is 1.68. The van der Waals surface area contributed by atoms with Crippen molar-refractivity contribution in [3.05, 3.63) is 100 Å². The second-order valence-corrected chi connectivity index (χ2v) is 8.08. The topological polar surface area (TPSA) is 69.3 Å². The Morgan fingerprint density at radius 2 is 1.61 bits per heavy atom. The summed E-state index contributed by atoms with van der Waals surface area (Å²) in [5.74, 6) is 0.661. The number of carbonyl (C=O) groups is 1. The molecule has 0 spiro atoms. The van der Waals surface area contributed by atoms with E-state index in [-0.39, 0.29) is 17.1 Å². The maximum Gasteiger partial charge on any atom is 0.267 e. The number of nitrogens with zero attached hydrogens (tertiary/aromatic N) is 4. The fraction of sp³-hybridized carbons (Fsp3) is 0.0833. The van der Waals surface area contributed by atoms with Gasteiger partial charge in [-0.25, -0.2) is 4.57 Å². The minimum Gasteiger partial charge on any atom is -0.293 e. The van der Waals surface area contributed by atoms with E-state index in [9.17, 15) is 9.59 Å². The molecule has 7 heteroatoms. The lowest BCUT2D eigenvalue weighted by atomic mass is 10.2. The fourth-order valence-electron chi connectivity index (χ4n) is 3.64. The summed E-state index contributed by atoms with van der Waals surface area (Å²) in [6.45, 7) is 1.96. The molecule has 2 heterocycles. The van der Waals surface area contributed by atoms with Gasteiger partial charge in [0.2, 0.25) is 5.78 Å². The van der Waals surface area contributed by atoms with Gasteiger partial charge in [0.05, 0.1) is 22.3 Å². The first-order valence-electron chi connectivity index (χ1n) is 9.81. The van der Waals surface area contributed by atoms with Crippen molar-refractivity contribution in [3.63, 3.8) is 0 Å². The van der Waals surface area contributed by atoms with E-state index in [0.717, 1.165) is 11.3 Å². The second-order valence-electron chi connectivity index (χ2n) is 7.14. The molecule has 0 aliphatic heterocycles. The summed E-state index contributed by atoms with van der Waals surface area (Å²) in [5.41, 5.74) is 2.94. The minimum absolute atomic E-state index is 0.0129. The maximum atomic E-state index is 13.4. The van der Waals surface area contributed by atoms with Crippen molar-refractivity contribution in [2.24, 2.45) is 0 Å². The summed E-state index contributed by atoms with van der Waals surface area (Å²) in [4.78, 5) is 26.0. The van der Waals surface area contributed by atoms with Crippen molar-refractivity contribution in [1.82, 2.24) is 19.2 Å². The zero-order valence-corrected chi connectivity index (χ0v) is 17.5. The van der Waals surface area contributed by atoms with E-state index in [2.05, 4.69) is 10.2 Å². The molecule has 31 heavy (non-hydrogen) atoms. The van der Waals surface area contributed by atoms with Gasteiger partial charge in [-0.1, -0.05) is 72.4 Å². The van der Waals surface area contributed by atoms with Gasteiger partial charge in [-0.05, 0) is 30.7 Å². The standard InChI is InChI=1S/C24H18N4O2S/c1-16-9-5-7-13-19(16)27-22(30)18-12-6-8-14-20(18)28-23(27)25-26-24(28)31-15-21(29)17-10-3-2-4-11-17/h2-14H,15H2,1H3. The fourth-order valence-corrected chi connectivity index (χ4v) is 4.48. The first-order valence-corrected chi connectivity index (χ1v) is 10.8. The number of aromatic nitrogens is 4. The Labute approximate surface area is 182 Å². The van der Waals surface area contributed by atoms with Gasteiger partial charge < -0.3 is 0 Å². The predicted molar refractivity (Wildman–Crippen MR) is 122 cm³/mol. The Morgan fingerprint density at radius 1 is 0.903 bits per heavy atom. The van der Waals surface area contributed by atoms with E-state index in [1.807, 2.05) is 72.0 Å². The van der Waals surface area contributed by atoms with Crippen LogP contribution in [-0.2, 0) is 0 Å². The summed E-state index contributed by atoms with van der Waals surface area (Å²) in [5, 5.41) is 9.81. The predicted octanol–water partition coefficient (Wildman–Crippen LogP) is 4.32. The van der Waals surface area contributed by atoms with Gasteiger partial charge >= 0.3 is 0 Å². The molecule has 0 amide bonds. The first-order chi connectivity index (χ1) is 15.1. The number of fused-ring (bicyclic) bond motifs is 3. The highest BCUT2D eigenvalue weighted by Gasteiger charge is 2.19. The van der Waals surface area contributed by atoms with Crippen LogP contribution in [0.25, 0.3) is 22.4 Å². The van der Waals surface area contributed by atoms with Crippen molar-refractivity contribution in [2.45, 2.75) is 12.1 Å². The second kappa shape index (κ2) is 7.85. The summed E-state index contributed by atoms with van der Waals surface area (Å²) in [6, 6.07) is 24.2. The molecule has 6 nitrogen and oxygen atoms in total. The quantitative estimate of drug-likeness (QED) is 0.309. The third-order valence-corrected chi connectivity index (χ3v) is 6.11. The number of carbonyl (C=O) groups excluding carboxylic acids is 1. The first kappa shape index (κ1) is 19.3. The van der Waals surface area contributed by atoms with E-state index in [4.69, 9.17) is 0 Å². The third kappa shape index (κ3) is 3.33. The Hall–Kier alpha value is -3.71. The van der Waals surface area contributed by atoms with Crippen LogP contribution in [0.15, 0.2) is 88.8 Å². The van der Waals surface area contributed by atoms with E-state index < -0.39 is 0 Å². The van der Waals surface area contributed by atoms with Gasteiger partial charge in [0.25, 0.3) is 5.56 Å². The number of benzene rings is 3. The van der Waals surface area contributed by atoms with Gasteiger partial charge in [0.15, 0.2) is 10.9 Å². The number of ketones is 1. The van der Waals surface area contributed by atoms with E-state index in [1.54, 1.807) is 22.8 Å². The smallest absolute Gasteiger partial charge is 0.267 e. The molecule has 0 saturated carbocycles. The molecule has 5 aromatic rings. The lowest BCUT2D eigenvalue weighted by Gasteiger charge is -2.13. The number of para-hydroxylation sites is 2. The molecule has 0 bridgehead atoms. The molecule has 0 fully saturated rings. The van der Waals surface area contributed by atoms with Crippen LogP contribution in [0.5, 0.6) is 0 Å². The number of aryl methyl sites for hydroxylation is 1. The zero-order chi connectivity index (χ0) is 21.4. The molecule has 0 atom stereocenters. The molecular formula is C24H18N4O2S.